The van der Waals surface area contributed by atoms with Crippen LogP contribution in [0.5, 0.6) is 0 Å². The van der Waals surface area contributed by atoms with E-state index >= 15 is 0 Å². The molecule has 4 nitrogen and oxygen atoms in total. The van der Waals surface area contributed by atoms with Crippen molar-refractivity contribution in [1.82, 2.24) is 9.38 Å². The van der Waals surface area contributed by atoms with Gasteiger partial charge in [-0.3, -0.25) is 0 Å². The summed E-state index contributed by atoms with van der Waals surface area (Å²) >= 11 is 9.53. The normalized spacial score (nSPS) is 9.69. The van der Waals surface area contributed by atoms with Crippen molar-refractivity contribution in [2.75, 3.05) is 5.34 Å². The van der Waals surface area contributed by atoms with Crippen LogP contribution in [-0.2, 0) is 0 Å². The first-order valence-electron chi connectivity index (χ1n) is 4.39. The number of hydrogen-bond acceptors (Lipinski definition) is 2. The average molecular weight is 261 g/mol. The Bertz CT molecular complexity index is 497. The van der Waals surface area contributed by atoms with E-state index in [0.717, 1.165) is 5.56 Å². The standard InChI is InChI=1S/C9H8N2O2.CH2Cl2/c1-6-2-3-11-5-7(9(12)13)10-8(11)4-6;2-1-3/h2-5H,1H3,(H,12,13);1H2. The fourth-order valence-electron chi connectivity index (χ4n) is 1.19. The molecule has 0 saturated carbocycles. The van der Waals surface area contributed by atoms with Crippen LogP contribution < -0.4 is 0 Å². The van der Waals surface area contributed by atoms with Gasteiger partial charge in [-0.1, -0.05) is 0 Å². The Balaban J connectivity index is 0.000000386. The number of hydrogen-bond donors (Lipinski definition) is 1. The van der Waals surface area contributed by atoms with Gasteiger partial charge in [-0.25, -0.2) is 9.78 Å². The van der Waals surface area contributed by atoms with Gasteiger partial charge in [0.1, 0.15) is 5.65 Å². The molecule has 2 heterocycles. The summed E-state index contributed by atoms with van der Waals surface area (Å²) in [5.41, 5.74) is 1.80. The molecule has 0 unspecified atom stereocenters. The Morgan fingerprint density at radius 3 is 2.75 bits per heavy atom. The molecular weight excluding hydrogens is 251 g/mol. The molecule has 6 heteroatoms. The Morgan fingerprint density at radius 1 is 1.56 bits per heavy atom. The predicted octanol–water partition coefficient (Wildman–Crippen LogP) is 2.76. The maximum atomic E-state index is 10.6. The van der Waals surface area contributed by atoms with Gasteiger partial charge in [-0.2, -0.15) is 0 Å². The first-order valence-corrected chi connectivity index (χ1v) is 5.46. The molecule has 0 saturated heterocycles. The molecule has 0 atom stereocenters. The van der Waals surface area contributed by atoms with Crippen LogP contribution in [-0.4, -0.2) is 25.8 Å². The molecule has 0 fully saturated rings. The number of aromatic nitrogens is 2. The van der Waals surface area contributed by atoms with E-state index in [2.05, 4.69) is 4.98 Å². The SMILES string of the molecule is Cc1ccn2cc(C(=O)O)nc2c1.ClCCl. The molecule has 0 bridgehead atoms. The van der Waals surface area contributed by atoms with E-state index in [1.54, 1.807) is 10.6 Å². The van der Waals surface area contributed by atoms with Crippen molar-refractivity contribution < 1.29 is 9.90 Å². The van der Waals surface area contributed by atoms with E-state index in [1.807, 2.05) is 19.1 Å². The highest BCUT2D eigenvalue weighted by Gasteiger charge is 2.07. The van der Waals surface area contributed by atoms with Crippen molar-refractivity contribution in [3.63, 3.8) is 0 Å². The number of fused-ring (bicyclic) bond motifs is 1. The highest BCUT2D eigenvalue weighted by atomic mass is 35.5. The fourth-order valence-corrected chi connectivity index (χ4v) is 1.19. The van der Waals surface area contributed by atoms with E-state index in [9.17, 15) is 4.79 Å². The summed E-state index contributed by atoms with van der Waals surface area (Å²) in [5.74, 6) is -0.999. The summed E-state index contributed by atoms with van der Waals surface area (Å²) in [7, 11) is 0. The van der Waals surface area contributed by atoms with Gasteiger partial charge >= 0.3 is 5.97 Å². The van der Waals surface area contributed by atoms with Gasteiger partial charge in [0.2, 0.25) is 0 Å². The van der Waals surface area contributed by atoms with E-state index < -0.39 is 5.97 Å². The number of carbonyl (C=O) groups is 1. The zero-order valence-electron chi connectivity index (χ0n) is 8.52. The van der Waals surface area contributed by atoms with Crippen molar-refractivity contribution in [2.24, 2.45) is 0 Å². The van der Waals surface area contributed by atoms with Gasteiger partial charge in [-0.05, 0) is 24.6 Å². The number of aromatic carboxylic acids is 1. The fraction of sp³-hybridized carbons (Fsp3) is 0.200. The second kappa shape index (κ2) is 5.72. The first-order chi connectivity index (χ1) is 7.58. The number of alkyl halides is 2. The van der Waals surface area contributed by atoms with Gasteiger partial charge in [0.15, 0.2) is 5.69 Å². The molecule has 0 aromatic carbocycles. The molecular formula is C10H10Cl2N2O2. The number of aryl methyl sites for hydroxylation is 1. The van der Waals surface area contributed by atoms with Crippen LogP contribution in [0.25, 0.3) is 5.65 Å². The van der Waals surface area contributed by atoms with Gasteiger partial charge in [0, 0.05) is 12.4 Å². The van der Waals surface area contributed by atoms with Crippen LogP contribution in [0.15, 0.2) is 24.5 Å². The Hall–Kier alpha value is -1.26. The minimum absolute atomic E-state index is 0.0746. The quantitative estimate of drug-likeness (QED) is 0.803. The molecule has 2 aromatic rings. The van der Waals surface area contributed by atoms with E-state index in [4.69, 9.17) is 28.3 Å². The molecule has 86 valence electrons. The van der Waals surface area contributed by atoms with E-state index in [1.165, 1.54) is 6.20 Å². The number of halogens is 2. The van der Waals surface area contributed by atoms with Crippen LogP contribution in [0.2, 0.25) is 0 Å². The topological polar surface area (TPSA) is 54.6 Å². The molecule has 1 N–H and O–H groups in total. The highest BCUT2D eigenvalue weighted by molar-refractivity contribution is 6.40. The first kappa shape index (κ1) is 12.8. The van der Waals surface area contributed by atoms with Crippen molar-refractivity contribution in [3.05, 3.63) is 35.8 Å². The smallest absolute Gasteiger partial charge is 0.356 e. The third-order valence-electron chi connectivity index (χ3n) is 1.83. The average Bonchev–Trinajstić information content (AvgIpc) is 2.61. The third-order valence-corrected chi connectivity index (χ3v) is 1.83. The molecule has 2 aromatic heterocycles. The number of imidazole rings is 1. The van der Waals surface area contributed by atoms with Gasteiger partial charge in [0.05, 0.1) is 5.34 Å². The summed E-state index contributed by atoms with van der Waals surface area (Å²) in [5, 5.41) is 8.87. The number of pyridine rings is 1. The summed E-state index contributed by atoms with van der Waals surface area (Å²) in [6, 6.07) is 3.74. The maximum absolute atomic E-state index is 10.6. The third kappa shape index (κ3) is 3.12. The molecule has 0 radical (unpaired) electrons. The van der Waals surface area contributed by atoms with Crippen molar-refractivity contribution >= 4 is 34.8 Å². The molecule has 0 aliphatic rings. The number of nitrogens with zero attached hydrogens (tertiary/aromatic N) is 2. The zero-order chi connectivity index (χ0) is 12.1. The molecule has 2 rings (SSSR count). The molecule has 0 amide bonds. The van der Waals surface area contributed by atoms with Gasteiger partial charge in [-0.15, -0.1) is 23.2 Å². The summed E-state index contributed by atoms with van der Waals surface area (Å²) in [4.78, 5) is 14.5. The minimum Gasteiger partial charge on any atom is -0.476 e. The van der Waals surface area contributed by atoms with Crippen molar-refractivity contribution in [3.8, 4) is 0 Å². The highest BCUT2D eigenvalue weighted by Crippen LogP contribution is 2.07. The van der Waals surface area contributed by atoms with Crippen LogP contribution in [0.3, 0.4) is 0 Å². The Kier molecular flexibility index (Phi) is 4.58. The lowest BCUT2D eigenvalue weighted by molar-refractivity contribution is 0.0691. The lowest BCUT2D eigenvalue weighted by Gasteiger charge is -1.92. The van der Waals surface area contributed by atoms with Crippen LogP contribution in [0, 0.1) is 6.92 Å². The second-order valence-electron chi connectivity index (χ2n) is 3.00. The minimum atomic E-state index is -0.999. The van der Waals surface area contributed by atoms with E-state index in [0.29, 0.717) is 5.65 Å². The monoisotopic (exact) mass is 260 g/mol. The van der Waals surface area contributed by atoms with Crippen molar-refractivity contribution in [2.45, 2.75) is 6.92 Å². The molecule has 0 spiro atoms. The predicted molar refractivity (Wildman–Crippen MR) is 63.5 cm³/mol. The maximum Gasteiger partial charge on any atom is 0.356 e. The van der Waals surface area contributed by atoms with Gasteiger partial charge < -0.3 is 9.51 Å². The number of rotatable bonds is 1. The van der Waals surface area contributed by atoms with Crippen LogP contribution in [0.1, 0.15) is 16.1 Å². The molecule has 0 aliphatic carbocycles. The van der Waals surface area contributed by atoms with Crippen LogP contribution in [0.4, 0.5) is 0 Å². The second-order valence-corrected chi connectivity index (χ2v) is 3.81. The summed E-state index contributed by atoms with van der Waals surface area (Å²) in [6.07, 6.45) is 3.29. The largest absolute Gasteiger partial charge is 0.476 e. The summed E-state index contributed by atoms with van der Waals surface area (Å²) in [6.45, 7) is 1.94. The van der Waals surface area contributed by atoms with E-state index in [-0.39, 0.29) is 11.0 Å². The Morgan fingerprint density at radius 2 is 2.19 bits per heavy atom. The summed E-state index contributed by atoms with van der Waals surface area (Å²) < 4.78 is 1.69. The lowest BCUT2D eigenvalue weighted by atomic mass is 10.3. The Labute approximate surface area is 102 Å². The van der Waals surface area contributed by atoms with Crippen molar-refractivity contribution in [1.29, 1.82) is 0 Å². The zero-order valence-corrected chi connectivity index (χ0v) is 10.0. The number of carboxylic acid groups (broad SMARTS) is 1. The number of carboxylic acids is 1. The van der Waals surface area contributed by atoms with Gasteiger partial charge in [0.25, 0.3) is 0 Å². The molecule has 0 aliphatic heterocycles. The molecule has 16 heavy (non-hydrogen) atoms. The lowest BCUT2D eigenvalue weighted by Crippen LogP contribution is -1.94. The van der Waals surface area contributed by atoms with Crippen LogP contribution >= 0.6 is 23.2 Å².